The van der Waals surface area contributed by atoms with Gasteiger partial charge in [0.2, 0.25) is 17.8 Å². The van der Waals surface area contributed by atoms with Gasteiger partial charge in [0.05, 0.1) is 0 Å². The van der Waals surface area contributed by atoms with Crippen LogP contribution in [0.4, 0.5) is 17.8 Å². The molecule has 0 atom stereocenters. The maximum absolute atomic E-state index is 4.43. The van der Waals surface area contributed by atoms with Crippen LogP contribution in [0.2, 0.25) is 0 Å². The zero-order chi connectivity index (χ0) is 13.9. The van der Waals surface area contributed by atoms with Crippen molar-refractivity contribution in [2.45, 2.75) is 32.6 Å². The first kappa shape index (κ1) is 13.8. The Labute approximate surface area is 115 Å². The molecule has 106 valence electrons. The first-order valence-electron chi connectivity index (χ1n) is 6.93. The standard InChI is InChI=1S/C13H24N6/c1-5-13(7-6-8-13)9-15-11-16-10(14-2)17-12(18-11)19(3)4/h5-9H2,1-4H3,(H2,14,15,16,17,18). The van der Waals surface area contributed by atoms with E-state index in [4.69, 9.17) is 0 Å². The number of hydrogen-bond acceptors (Lipinski definition) is 6. The zero-order valence-electron chi connectivity index (χ0n) is 12.3. The van der Waals surface area contributed by atoms with Crippen LogP contribution >= 0.6 is 0 Å². The first-order chi connectivity index (χ1) is 9.08. The fourth-order valence-electron chi connectivity index (χ4n) is 2.35. The Hall–Kier alpha value is -1.59. The van der Waals surface area contributed by atoms with E-state index in [0.29, 0.717) is 23.3 Å². The van der Waals surface area contributed by atoms with Gasteiger partial charge >= 0.3 is 0 Å². The van der Waals surface area contributed by atoms with Crippen LogP contribution in [0.5, 0.6) is 0 Å². The summed E-state index contributed by atoms with van der Waals surface area (Å²) in [6.07, 6.45) is 5.17. The van der Waals surface area contributed by atoms with Crippen molar-refractivity contribution in [2.75, 3.05) is 43.2 Å². The van der Waals surface area contributed by atoms with E-state index >= 15 is 0 Å². The van der Waals surface area contributed by atoms with Crippen molar-refractivity contribution in [3.63, 3.8) is 0 Å². The maximum Gasteiger partial charge on any atom is 0.231 e. The summed E-state index contributed by atoms with van der Waals surface area (Å²) in [7, 11) is 5.67. The number of anilines is 3. The van der Waals surface area contributed by atoms with Gasteiger partial charge in [-0.2, -0.15) is 15.0 Å². The van der Waals surface area contributed by atoms with E-state index in [-0.39, 0.29) is 0 Å². The fourth-order valence-corrected chi connectivity index (χ4v) is 2.35. The topological polar surface area (TPSA) is 66.0 Å². The monoisotopic (exact) mass is 264 g/mol. The number of rotatable bonds is 6. The SMILES string of the molecule is CCC1(CNc2nc(NC)nc(N(C)C)n2)CCC1. The van der Waals surface area contributed by atoms with Gasteiger partial charge in [0, 0.05) is 27.7 Å². The largest absolute Gasteiger partial charge is 0.357 e. The Kier molecular flexibility index (Phi) is 4.07. The molecule has 19 heavy (non-hydrogen) atoms. The van der Waals surface area contributed by atoms with Crippen LogP contribution in [0.3, 0.4) is 0 Å². The minimum Gasteiger partial charge on any atom is -0.357 e. The molecule has 0 saturated heterocycles. The molecule has 1 fully saturated rings. The summed E-state index contributed by atoms with van der Waals surface area (Å²) in [6, 6.07) is 0. The number of aromatic nitrogens is 3. The van der Waals surface area contributed by atoms with E-state index in [1.54, 1.807) is 0 Å². The minimum atomic E-state index is 0.449. The Morgan fingerprint density at radius 3 is 2.32 bits per heavy atom. The van der Waals surface area contributed by atoms with Crippen molar-refractivity contribution in [3.05, 3.63) is 0 Å². The molecule has 1 heterocycles. The molecule has 2 N–H and O–H groups in total. The third-order valence-electron chi connectivity index (χ3n) is 4.03. The van der Waals surface area contributed by atoms with Crippen LogP contribution in [-0.2, 0) is 0 Å². The third-order valence-corrected chi connectivity index (χ3v) is 4.03. The summed E-state index contributed by atoms with van der Waals surface area (Å²) < 4.78 is 0. The minimum absolute atomic E-state index is 0.449. The highest BCUT2D eigenvalue weighted by Gasteiger charge is 2.34. The zero-order valence-corrected chi connectivity index (χ0v) is 12.3. The summed E-state index contributed by atoms with van der Waals surface area (Å²) in [5.41, 5.74) is 0.449. The molecule has 0 radical (unpaired) electrons. The highest BCUT2D eigenvalue weighted by Crippen LogP contribution is 2.43. The molecule has 6 heteroatoms. The average Bonchev–Trinajstić information content (AvgIpc) is 2.37. The van der Waals surface area contributed by atoms with Crippen molar-refractivity contribution < 1.29 is 0 Å². The fraction of sp³-hybridized carbons (Fsp3) is 0.769. The molecule has 1 saturated carbocycles. The normalized spacial score (nSPS) is 16.6. The van der Waals surface area contributed by atoms with Crippen LogP contribution in [0.15, 0.2) is 0 Å². The summed E-state index contributed by atoms with van der Waals surface area (Å²) in [4.78, 5) is 15.0. The summed E-state index contributed by atoms with van der Waals surface area (Å²) in [5.74, 6) is 1.92. The smallest absolute Gasteiger partial charge is 0.231 e. The lowest BCUT2D eigenvalue weighted by Gasteiger charge is -2.41. The number of hydrogen-bond donors (Lipinski definition) is 2. The highest BCUT2D eigenvalue weighted by molar-refractivity contribution is 5.42. The molecule has 6 nitrogen and oxygen atoms in total. The molecule has 0 aromatic carbocycles. The second-order valence-corrected chi connectivity index (χ2v) is 5.49. The van der Waals surface area contributed by atoms with Crippen LogP contribution in [-0.4, -0.2) is 42.6 Å². The van der Waals surface area contributed by atoms with Crippen LogP contribution in [0, 0.1) is 5.41 Å². The van der Waals surface area contributed by atoms with Crippen molar-refractivity contribution in [1.82, 2.24) is 15.0 Å². The molecule has 0 amide bonds. The molecule has 1 aliphatic rings. The lowest BCUT2D eigenvalue weighted by atomic mass is 9.67. The van der Waals surface area contributed by atoms with Gasteiger partial charge in [-0.1, -0.05) is 13.3 Å². The summed E-state index contributed by atoms with van der Waals surface area (Å²) >= 11 is 0. The lowest BCUT2D eigenvalue weighted by molar-refractivity contribution is 0.144. The first-order valence-corrected chi connectivity index (χ1v) is 6.93. The van der Waals surface area contributed by atoms with Gasteiger partial charge in [-0.25, -0.2) is 0 Å². The Morgan fingerprint density at radius 1 is 1.16 bits per heavy atom. The van der Waals surface area contributed by atoms with E-state index in [0.717, 1.165) is 6.54 Å². The number of nitrogens with one attached hydrogen (secondary N) is 2. The molecular formula is C13H24N6. The molecule has 1 aliphatic carbocycles. The molecule has 0 unspecified atom stereocenters. The molecule has 0 spiro atoms. The van der Waals surface area contributed by atoms with Gasteiger partial charge in [0.1, 0.15) is 0 Å². The van der Waals surface area contributed by atoms with Crippen molar-refractivity contribution in [3.8, 4) is 0 Å². The molecule has 1 aromatic rings. The van der Waals surface area contributed by atoms with E-state index in [2.05, 4.69) is 32.5 Å². The van der Waals surface area contributed by atoms with Crippen molar-refractivity contribution >= 4 is 17.8 Å². The van der Waals surface area contributed by atoms with Gasteiger partial charge < -0.3 is 15.5 Å². The molecule has 1 aromatic heterocycles. The van der Waals surface area contributed by atoms with Gasteiger partial charge in [-0.3, -0.25) is 0 Å². The van der Waals surface area contributed by atoms with E-state index in [1.165, 1.54) is 25.7 Å². The van der Waals surface area contributed by atoms with Crippen LogP contribution in [0.1, 0.15) is 32.6 Å². The second kappa shape index (κ2) is 5.59. The Balaban J connectivity index is 2.08. The quantitative estimate of drug-likeness (QED) is 0.819. The molecular weight excluding hydrogens is 240 g/mol. The van der Waals surface area contributed by atoms with Gasteiger partial charge in [0.15, 0.2) is 0 Å². The average molecular weight is 264 g/mol. The van der Waals surface area contributed by atoms with E-state index < -0.39 is 0 Å². The number of nitrogens with zero attached hydrogens (tertiary/aromatic N) is 4. The van der Waals surface area contributed by atoms with Crippen LogP contribution < -0.4 is 15.5 Å². The van der Waals surface area contributed by atoms with E-state index in [1.807, 2.05) is 26.0 Å². The highest BCUT2D eigenvalue weighted by atomic mass is 15.3. The van der Waals surface area contributed by atoms with Crippen molar-refractivity contribution in [2.24, 2.45) is 5.41 Å². The molecule has 0 aliphatic heterocycles. The van der Waals surface area contributed by atoms with Gasteiger partial charge in [-0.05, 0) is 24.7 Å². The van der Waals surface area contributed by atoms with Crippen LogP contribution in [0.25, 0.3) is 0 Å². The Morgan fingerprint density at radius 2 is 1.84 bits per heavy atom. The predicted molar refractivity (Wildman–Crippen MR) is 78.8 cm³/mol. The van der Waals surface area contributed by atoms with Gasteiger partial charge in [-0.15, -0.1) is 0 Å². The van der Waals surface area contributed by atoms with Gasteiger partial charge in [0.25, 0.3) is 0 Å². The second-order valence-electron chi connectivity index (χ2n) is 5.49. The van der Waals surface area contributed by atoms with Crippen molar-refractivity contribution in [1.29, 1.82) is 0 Å². The third kappa shape index (κ3) is 3.05. The predicted octanol–water partition coefficient (Wildman–Crippen LogP) is 1.97. The molecule has 0 bridgehead atoms. The Bertz CT molecular complexity index is 422. The molecule has 2 rings (SSSR count). The lowest BCUT2D eigenvalue weighted by Crippen LogP contribution is -2.36. The summed E-state index contributed by atoms with van der Waals surface area (Å²) in [6.45, 7) is 3.21. The maximum atomic E-state index is 4.43. The van der Waals surface area contributed by atoms with E-state index in [9.17, 15) is 0 Å². The summed E-state index contributed by atoms with van der Waals surface area (Å²) in [5, 5.41) is 6.35.